The maximum atomic E-state index is 12.5. The molecule has 1 aromatic rings. The summed E-state index contributed by atoms with van der Waals surface area (Å²) in [4.78, 5) is 14.8. The molecule has 0 fully saturated rings. The van der Waals surface area contributed by atoms with Crippen molar-refractivity contribution in [3.8, 4) is 0 Å². The summed E-state index contributed by atoms with van der Waals surface area (Å²) in [5, 5.41) is 0. The summed E-state index contributed by atoms with van der Waals surface area (Å²) < 4.78 is 29.7. The Balaban J connectivity index is 3.05. The van der Waals surface area contributed by atoms with Gasteiger partial charge in [-0.1, -0.05) is 0 Å². The fraction of sp³-hybridized carbons (Fsp3) is 0.400. The Morgan fingerprint density at radius 3 is 2.75 bits per heavy atom. The normalized spacial score (nSPS) is 10.6. The highest BCUT2D eigenvalue weighted by Gasteiger charge is 2.17. The third-order valence-corrected chi connectivity index (χ3v) is 2.70. The molecule has 0 amide bonds. The van der Waals surface area contributed by atoms with Crippen molar-refractivity contribution in [1.82, 2.24) is 4.98 Å². The molecule has 0 radical (unpaired) electrons. The van der Waals surface area contributed by atoms with Crippen molar-refractivity contribution in [2.75, 3.05) is 7.11 Å². The van der Waals surface area contributed by atoms with Crippen LogP contribution in [0.1, 0.15) is 23.4 Å². The smallest absolute Gasteiger partial charge is 0.310 e. The summed E-state index contributed by atoms with van der Waals surface area (Å²) >= 11 is 3.00. The molecule has 1 rings (SSSR count). The lowest BCUT2D eigenvalue weighted by Crippen LogP contribution is -2.08. The molecule has 0 aliphatic heterocycles. The number of nitrogens with zero attached hydrogens (tertiary/aromatic N) is 1. The molecule has 0 aliphatic carbocycles. The Hall–Kier alpha value is -1.04. The van der Waals surface area contributed by atoms with E-state index < -0.39 is 12.4 Å². The van der Waals surface area contributed by atoms with Gasteiger partial charge in [-0.3, -0.25) is 9.78 Å². The molecule has 0 N–H and O–H groups in total. The van der Waals surface area contributed by atoms with E-state index in [4.69, 9.17) is 0 Å². The van der Waals surface area contributed by atoms with Gasteiger partial charge in [0.15, 0.2) is 0 Å². The van der Waals surface area contributed by atoms with E-state index in [1.54, 1.807) is 6.92 Å². The molecule has 1 heterocycles. The molecular formula is C10H10BrF2NO2. The largest absolute Gasteiger partial charge is 0.469 e. The molecule has 0 spiro atoms. The van der Waals surface area contributed by atoms with Crippen molar-refractivity contribution in [3.05, 3.63) is 27.5 Å². The average molecular weight is 294 g/mol. The van der Waals surface area contributed by atoms with Crippen molar-refractivity contribution in [2.45, 2.75) is 19.8 Å². The lowest BCUT2D eigenvalue weighted by Gasteiger charge is -2.08. The zero-order valence-electron chi connectivity index (χ0n) is 8.76. The van der Waals surface area contributed by atoms with Crippen molar-refractivity contribution in [3.63, 3.8) is 0 Å². The van der Waals surface area contributed by atoms with Crippen LogP contribution in [0.25, 0.3) is 0 Å². The van der Waals surface area contributed by atoms with Gasteiger partial charge in [0.2, 0.25) is 0 Å². The molecule has 6 heteroatoms. The molecule has 0 bridgehead atoms. The molecular weight excluding hydrogens is 284 g/mol. The van der Waals surface area contributed by atoms with Gasteiger partial charge < -0.3 is 4.74 Å². The molecule has 0 saturated carbocycles. The number of methoxy groups -OCH3 is 1. The minimum absolute atomic E-state index is 0.0252. The Labute approximate surface area is 99.9 Å². The standard InChI is InChI=1S/C10H10BrF2NO2/c1-5-6(4-8(15)16-2)3-7(11)9(14-5)10(12)13/h3,10H,4H2,1-2H3. The Kier molecular flexibility index (Phi) is 4.35. The summed E-state index contributed by atoms with van der Waals surface area (Å²) in [6, 6.07) is 1.47. The lowest BCUT2D eigenvalue weighted by atomic mass is 10.1. The van der Waals surface area contributed by atoms with Crippen LogP contribution in [-0.4, -0.2) is 18.1 Å². The zero-order chi connectivity index (χ0) is 12.3. The van der Waals surface area contributed by atoms with E-state index >= 15 is 0 Å². The van der Waals surface area contributed by atoms with Crippen LogP contribution in [0, 0.1) is 6.92 Å². The number of aromatic nitrogens is 1. The van der Waals surface area contributed by atoms with E-state index in [0.29, 0.717) is 11.3 Å². The van der Waals surface area contributed by atoms with Gasteiger partial charge in [0.25, 0.3) is 6.43 Å². The van der Waals surface area contributed by atoms with E-state index in [1.165, 1.54) is 13.2 Å². The first-order valence-electron chi connectivity index (χ1n) is 4.46. The van der Waals surface area contributed by atoms with Crippen molar-refractivity contribution in [2.24, 2.45) is 0 Å². The maximum Gasteiger partial charge on any atom is 0.310 e. The third kappa shape index (κ3) is 2.98. The zero-order valence-corrected chi connectivity index (χ0v) is 10.3. The van der Waals surface area contributed by atoms with E-state index in [2.05, 4.69) is 25.7 Å². The average Bonchev–Trinajstić information content (AvgIpc) is 2.22. The fourth-order valence-corrected chi connectivity index (χ4v) is 1.73. The van der Waals surface area contributed by atoms with Gasteiger partial charge in [-0.2, -0.15) is 0 Å². The van der Waals surface area contributed by atoms with Crippen LogP contribution in [0.15, 0.2) is 10.5 Å². The first kappa shape index (κ1) is 13.0. The number of aryl methyl sites for hydroxylation is 1. The van der Waals surface area contributed by atoms with E-state index in [1.807, 2.05) is 0 Å². The minimum atomic E-state index is -2.64. The van der Waals surface area contributed by atoms with Gasteiger partial charge in [-0.25, -0.2) is 8.78 Å². The second kappa shape index (κ2) is 5.34. The van der Waals surface area contributed by atoms with Gasteiger partial charge in [-0.05, 0) is 34.5 Å². The fourth-order valence-electron chi connectivity index (χ4n) is 1.20. The number of esters is 1. The number of hydrogen-bond donors (Lipinski definition) is 0. The number of halogens is 3. The summed E-state index contributed by atoms with van der Waals surface area (Å²) in [5.74, 6) is -0.429. The topological polar surface area (TPSA) is 39.2 Å². The van der Waals surface area contributed by atoms with Crippen LogP contribution in [0.4, 0.5) is 8.78 Å². The molecule has 0 saturated heterocycles. The van der Waals surface area contributed by atoms with Gasteiger partial charge in [0.1, 0.15) is 5.69 Å². The number of rotatable bonds is 3. The summed E-state index contributed by atoms with van der Waals surface area (Å²) in [7, 11) is 1.27. The maximum absolute atomic E-state index is 12.5. The third-order valence-electron chi connectivity index (χ3n) is 2.07. The van der Waals surface area contributed by atoms with Crippen LogP contribution in [0.5, 0.6) is 0 Å². The van der Waals surface area contributed by atoms with Crippen molar-refractivity contribution >= 4 is 21.9 Å². The number of pyridine rings is 1. The van der Waals surface area contributed by atoms with Crippen LogP contribution < -0.4 is 0 Å². The molecule has 1 aromatic heterocycles. The second-order valence-corrected chi connectivity index (χ2v) is 4.01. The van der Waals surface area contributed by atoms with Gasteiger partial charge in [-0.15, -0.1) is 0 Å². The summed E-state index contributed by atoms with van der Waals surface area (Å²) in [6.45, 7) is 1.58. The molecule has 3 nitrogen and oxygen atoms in total. The highest BCUT2D eigenvalue weighted by molar-refractivity contribution is 9.10. The Bertz CT molecular complexity index is 410. The van der Waals surface area contributed by atoms with Crippen LogP contribution in [-0.2, 0) is 16.0 Å². The van der Waals surface area contributed by atoms with E-state index in [0.717, 1.165) is 0 Å². The number of carbonyl (C=O) groups excluding carboxylic acids is 1. The second-order valence-electron chi connectivity index (χ2n) is 3.15. The molecule has 0 unspecified atom stereocenters. The molecule has 0 aliphatic rings. The SMILES string of the molecule is COC(=O)Cc1cc(Br)c(C(F)F)nc1C. The van der Waals surface area contributed by atoms with E-state index in [9.17, 15) is 13.6 Å². The minimum Gasteiger partial charge on any atom is -0.469 e. The van der Waals surface area contributed by atoms with Crippen molar-refractivity contribution in [1.29, 1.82) is 0 Å². The van der Waals surface area contributed by atoms with Gasteiger partial charge >= 0.3 is 5.97 Å². The number of carbonyl (C=O) groups is 1. The predicted molar refractivity (Wildman–Crippen MR) is 57.4 cm³/mol. The number of hydrogen-bond acceptors (Lipinski definition) is 3. The predicted octanol–water partition coefficient (Wildman–Crippen LogP) is 2.81. The first-order valence-corrected chi connectivity index (χ1v) is 5.26. The Morgan fingerprint density at radius 2 is 2.25 bits per heavy atom. The van der Waals surface area contributed by atoms with Crippen molar-refractivity contribution < 1.29 is 18.3 Å². The Morgan fingerprint density at radius 1 is 1.62 bits per heavy atom. The molecule has 88 valence electrons. The van der Waals surface area contributed by atoms with Crippen LogP contribution in [0.3, 0.4) is 0 Å². The number of alkyl halides is 2. The lowest BCUT2D eigenvalue weighted by molar-refractivity contribution is -0.139. The van der Waals surface area contributed by atoms with Crippen LogP contribution >= 0.6 is 15.9 Å². The quantitative estimate of drug-likeness (QED) is 0.805. The van der Waals surface area contributed by atoms with Gasteiger partial charge in [0.05, 0.1) is 13.5 Å². The molecule has 0 atom stereocenters. The molecule has 16 heavy (non-hydrogen) atoms. The first-order chi connectivity index (χ1) is 7.45. The summed E-state index contributed by atoms with van der Waals surface area (Å²) in [6.07, 6.45) is -2.61. The molecule has 0 aromatic carbocycles. The number of ether oxygens (including phenoxy) is 1. The van der Waals surface area contributed by atoms with Gasteiger partial charge in [0, 0.05) is 10.2 Å². The highest BCUT2D eigenvalue weighted by Crippen LogP contribution is 2.27. The monoisotopic (exact) mass is 293 g/mol. The van der Waals surface area contributed by atoms with E-state index in [-0.39, 0.29) is 16.6 Å². The summed E-state index contributed by atoms with van der Waals surface area (Å²) in [5.41, 5.74) is 0.665. The van der Waals surface area contributed by atoms with Crippen LogP contribution in [0.2, 0.25) is 0 Å². The highest BCUT2D eigenvalue weighted by atomic mass is 79.9.